The van der Waals surface area contributed by atoms with Gasteiger partial charge in [-0.15, -0.1) is 0 Å². The van der Waals surface area contributed by atoms with E-state index in [0.29, 0.717) is 5.56 Å². The number of rotatable bonds is 3. The van der Waals surface area contributed by atoms with Crippen LogP contribution in [0, 0.1) is 20.8 Å². The van der Waals surface area contributed by atoms with E-state index in [1.807, 2.05) is 32.9 Å². The molecule has 2 rings (SSSR count). The van der Waals surface area contributed by atoms with Gasteiger partial charge in [0, 0.05) is 11.8 Å². The smallest absolute Gasteiger partial charge is 0.292 e. The van der Waals surface area contributed by atoms with Gasteiger partial charge in [-0.2, -0.15) is 0 Å². The molecule has 0 atom stereocenters. The molecule has 0 aliphatic heterocycles. The van der Waals surface area contributed by atoms with Crippen LogP contribution in [0.3, 0.4) is 0 Å². The van der Waals surface area contributed by atoms with E-state index in [1.54, 1.807) is 0 Å². The number of hydrogen-bond donors (Lipinski definition) is 1. The van der Waals surface area contributed by atoms with E-state index in [4.69, 9.17) is 11.6 Å². The highest BCUT2D eigenvalue weighted by Crippen LogP contribution is 2.16. The van der Waals surface area contributed by atoms with Gasteiger partial charge in [0.1, 0.15) is 5.02 Å². The maximum Gasteiger partial charge on any atom is 0.328 e. The first-order valence-corrected chi connectivity index (χ1v) is 6.77. The number of nitrogens with zero attached hydrogens (tertiary/aromatic N) is 1. The molecule has 0 aliphatic carbocycles. The van der Waals surface area contributed by atoms with E-state index in [9.17, 15) is 14.4 Å². The molecule has 1 aromatic heterocycles. The maximum atomic E-state index is 12.4. The van der Waals surface area contributed by atoms with Crippen molar-refractivity contribution in [3.8, 4) is 0 Å². The Morgan fingerprint density at radius 2 is 1.76 bits per heavy atom. The summed E-state index contributed by atoms with van der Waals surface area (Å²) < 4.78 is 1.10. The van der Waals surface area contributed by atoms with Crippen LogP contribution in [0.5, 0.6) is 0 Å². The molecule has 0 saturated carbocycles. The lowest BCUT2D eigenvalue weighted by atomic mass is 9.98. The average Bonchev–Trinajstić information content (AvgIpc) is 2.40. The molecule has 0 aliphatic rings. The van der Waals surface area contributed by atoms with Crippen LogP contribution >= 0.6 is 11.6 Å². The lowest BCUT2D eigenvalue weighted by molar-refractivity contribution is 0.0969. The highest BCUT2D eigenvalue weighted by Gasteiger charge is 2.13. The van der Waals surface area contributed by atoms with Crippen molar-refractivity contribution in [1.29, 1.82) is 0 Å². The van der Waals surface area contributed by atoms with Crippen LogP contribution in [0.4, 0.5) is 0 Å². The third-order valence-corrected chi connectivity index (χ3v) is 3.69. The molecule has 0 saturated heterocycles. The number of carbonyl (C=O) groups excluding carboxylic acids is 1. The predicted molar refractivity (Wildman–Crippen MR) is 81.3 cm³/mol. The molecule has 0 fully saturated rings. The van der Waals surface area contributed by atoms with Crippen molar-refractivity contribution in [2.45, 2.75) is 27.3 Å². The number of aromatic nitrogens is 2. The molecule has 1 heterocycles. The highest BCUT2D eigenvalue weighted by molar-refractivity contribution is 6.30. The van der Waals surface area contributed by atoms with Gasteiger partial charge in [-0.1, -0.05) is 17.7 Å². The molecule has 6 heteroatoms. The Morgan fingerprint density at radius 1 is 1.14 bits per heavy atom. The predicted octanol–water partition coefficient (Wildman–Crippen LogP) is 2.00. The van der Waals surface area contributed by atoms with Gasteiger partial charge in [0.25, 0.3) is 5.56 Å². The van der Waals surface area contributed by atoms with Crippen molar-refractivity contribution in [2.24, 2.45) is 0 Å². The largest absolute Gasteiger partial charge is 0.328 e. The van der Waals surface area contributed by atoms with Crippen molar-refractivity contribution in [2.75, 3.05) is 0 Å². The number of aryl methyl sites for hydroxylation is 3. The van der Waals surface area contributed by atoms with Gasteiger partial charge in [0.15, 0.2) is 5.78 Å². The number of halogens is 1. The average molecular weight is 307 g/mol. The van der Waals surface area contributed by atoms with E-state index in [-0.39, 0.29) is 17.4 Å². The van der Waals surface area contributed by atoms with Crippen LogP contribution in [0.2, 0.25) is 5.02 Å². The summed E-state index contributed by atoms with van der Waals surface area (Å²) in [5.41, 5.74) is 2.22. The first kappa shape index (κ1) is 15.3. The Labute approximate surface area is 126 Å². The maximum absolute atomic E-state index is 12.4. The molecular formula is C15H15ClN2O3. The number of aromatic amines is 1. The SMILES string of the molecule is Cc1cc(C)c(C(=O)Cn2cc(Cl)c(=O)[nH]c2=O)cc1C. The topological polar surface area (TPSA) is 71.9 Å². The fourth-order valence-corrected chi connectivity index (χ4v) is 2.27. The first-order chi connectivity index (χ1) is 9.79. The van der Waals surface area contributed by atoms with Crippen molar-refractivity contribution in [1.82, 2.24) is 9.55 Å². The Kier molecular flexibility index (Phi) is 4.14. The summed E-state index contributed by atoms with van der Waals surface area (Å²) >= 11 is 5.68. The van der Waals surface area contributed by atoms with Gasteiger partial charge in [-0.05, 0) is 43.5 Å². The Bertz CT molecular complexity index is 834. The normalized spacial score (nSPS) is 10.7. The molecule has 0 radical (unpaired) electrons. The van der Waals surface area contributed by atoms with Crippen LogP contribution in [-0.4, -0.2) is 15.3 Å². The van der Waals surface area contributed by atoms with E-state index >= 15 is 0 Å². The zero-order valence-corrected chi connectivity index (χ0v) is 12.7. The number of H-pyrrole nitrogens is 1. The molecule has 110 valence electrons. The Hall–Kier alpha value is -2.14. The van der Waals surface area contributed by atoms with Crippen LogP contribution in [0.1, 0.15) is 27.0 Å². The van der Waals surface area contributed by atoms with Crippen molar-refractivity contribution in [3.63, 3.8) is 0 Å². The summed E-state index contributed by atoms with van der Waals surface area (Å²) in [4.78, 5) is 37.3. The van der Waals surface area contributed by atoms with Crippen molar-refractivity contribution < 1.29 is 4.79 Å². The molecular weight excluding hydrogens is 292 g/mol. The van der Waals surface area contributed by atoms with Gasteiger partial charge in [0.2, 0.25) is 0 Å². The van der Waals surface area contributed by atoms with Crippen molar-refractivity contribution in [3.05, 3.63) is 66.4 Å². The molecule has 0 amide bonds. The highest BCUT2D eigenvalue weighted by atomic mass is 35.5. The summed E-state index contributed by atoms with van der Waals surface area (Å²) in [6, 6.07) is 3.75. The minimum absolute atomic E-state index is 0.126. The van der Waals surface area contributed by atoms with Crippen LogP contribution < -0.4 is 11.2 Å². The molecule has 1 aromatic carbocycles. The third-order valence-electron chi connectivity index (χ3n) is 3.42. The molecule has 1 N–H and O–H groups in total. The van der Waals surface area contributed by atoms with E-state index < -0.39 is 11.2 Å². The summed E-state index contributed by atoms with van der Waals surface area (Å²) in [7, 11) is 0. The third kappa shape index (κ3) is 3.13. The van der Waals surface area contributed by atoms with Crippen LogP contribution in [0.25, 0.3) is 0 Å². The zero-order valence-electron chi connectivity index (χ0n) is 12.0. The second-order valence-corrected chi connectivity index (χ2v) is 5.45. The van der Waals surface area contributed by atoms with E-state index in [0.717, 1.165) is 21.3 Å². The summed E-state index contributed by atoms with van der Waals surface area (Å²) in [6.07, 6.45) is 1.18. The minimum atomic E-state index is -0.660. The molecule has 5 nitrogen and oxygen atoms in total. The molecule has 21 heavy (non-hydrogen) atoms. The quantitative estimate of drug-likeness (QED) is 0.882. The second-order valence-electron chi connectivity index (χ2n) is 5.04. The number of ketones is 1. The second kappa shape index (κ2) is 5.69. The minimum Gasteiger partial charge on any atom is -0.292 e. The summed E-state index contributed by atoms with van der Waals surface area (Å²) in [6.45, 7) is 5.58. The molecule has 2 aromatic rings. The number of Topliss-reactive ketones (excluding diaryl/α,β-unsaturated/α-hetero) is 1. The standard InChI is InChI=1S/C15H15ClN2O3/c1-8-4-10(3)11(5-9(8)2)13(19)7-18-6-12(16)14(20)17-15(18)21/h4-6H,7H2,1-3H3,(H,17,20,21). The summed E-state index contributed by atoms with van der Waals surface area (Å²) in [5, 5.41) is -0.126. The fourth-order valence-electron chi connectivity index (χ4n) is 2.10. The van der Waals surface area contributed by atoms with Gasteiger partial charge in [-0.25, -0.2) is 4.79 Å². The molecule has 0 bridgehead atoms. The molecule has 0 unspecified atom stereocenters. The van der Waals surface area contributed by atoms with E-state index in [1.165, 1.54) is 6.20 Å². The van der Waals surface area contributed by atoms with E-state index in [2.05, 4.69) is 4.98 Å². The van der Waals surface area contributed by atoms with Gasteiger partial charge in [-0.3, -0.25) is 19.1 Å². The zero-order chi connectivity index (χ0) is 15.7. The lowest BCUT2D eigenvalue weighted by Gasteiger charge is -2.10. The fraction of sp³-hybridized carbons (Fsp3) is 0.267. The molecule has 0 spiro atoms. The Morgan fingerprint density at radius 3 is 2.43 bits per heavy atom. The monoisotopic (exact) mass is 306 g/mol. The Balaban J connectivity index is 2.39. The number of hydrogen-bond acceptors (Lipinski definition) is 3. The van der Waals surface area contributed by atoms with Crippen LogP contribution in [-0.2, 0) is 6.54 Å². The first-order valence-electron chi connectivity index (χ1n) is 6.40. The van der Waals surface area contributed by atoms with Gasteiger partial charge in [0.05, 0.1) is 6.54 Å². The van der Waals surface area contributed by atoms with Gasteiger partial charge < -0.3 is 0 Å². The number of carbonyl (C=O) groups is 1. The van der Waals surface area contributed by atoms with Gasteiger partial charge >= 0.3 is 5.69 Å². The number of benzene rings is 1. The van der Waals surface area contributed by atoms with Crippen LogP contribution in [0.15, 0.2) is 27.9 Å². The number of nitrogens with one attached hydrogen (secondary N) is 1. The van der Waals surface area contributed by atoms with Crippen molar-refractivity contribution >= 4 is 17.4 Å². The summed E-state index contributed by atoms with van der Waals surface area (Å²) in [5.74, 6) is -0.208. The lowest BCUT2D eigenvalue weighted by Crippen LogP contribution is -2.31.